The highest BCUT2D eigenvalue weighted by Crippen LogP contribution is 2.28. The Balaban J connectivity index is 1.57. The molecule has 0 aliphatic carbocycles. The number of nitrogens with one attached hydrogen (secondary N) is 1. The van der Waals surface area contributed by atoms with E-state index in [0.29, 0.717) is 23.6 Å². The molecule has 0 amide bonds. The Morgan fingerprint density at radius 1 is 1.16 bits per heavy atom. The molecule has 2 fully saturated rings. The number of nitrogens with zero attached hydrogens (tertiary/aromatic N) is 1. The van der Waals surface area contributed by atoms with Crippen molar-refractivity contribution in [1.29, 1.82) is 0 Å². The first-order chi connectivity index (χ1) is 12.1. The van der Waals surface area contributed by atoms with Gasteiger partial charge in [-0.25, -0.2) is 4.79 Å². The molecule has 0 spiro atoms. The number of benzene rings is 1. The maximum atomic E-state index is 11.9. The summed E-state index contributed by atoms with van der Waals surface area (Å²) in [4.78, 5) is 18.6. The van der Waals surface area contributed by atoms with Crippen LogP contribution < -0.4 is 14.4 Å². The standard InChI is InChI=1S/C19H24N2O4/c1-21-15-6-7-16(21)12-14(11-15)20-25-19(22)9-5-13-4-8-17(23-2)18(10-13)24-3/h4-5,8-10,15-16H,6-7,11-12H2,1-3H3/p+1/b9-5-,20-14?/t15-,16+. The summed E-state index contributed by atoms with van der Waals surface area (Å²) in [6.07, 6.45) is 7.38. The topological polar surface area (TPSA) is 61.6 Å². The maximum Gasteiger partial charge on any atom is 0.358 e. The Labute approximate surface area is 148 Å². The monoisotopic (exact) mass is 345 g/mol. The Bertz CT molecular complexity index is 683. The third-order valence-corrected chi connectivity index (χ3v) is 5.20. The van der Waals surface area contributed by atoms with Crippen LogP contribution in [0.15, 0.2) is 29.4 Å². The number of rotatable bonds is 5. The van der Waals surface area contributed by atoms with Crippen LogP contribution in [0.5, 0.6) is 11.5 Å². The first-order valence-corrected chi connectivity index (χ1v) is 8.61. The summed E-state index contributed by atoms with van der Waals surface area (Å²) in [7, 11) is 5.41. The molecule has 1 aromatic carbocycles. The van der Waals surface area contributed by atoms with Gasteiger partial charge in [0.1, 0.15) is 0 Å². The van der Waals surface area contributed by atoms with Gasteiger partial charge in [0, 0.05) is 31.8 Å². The SMILES string of the molecule is COc1ccc(/C=C\C(=O)ON=C2C[C@H]3CC[C@@H](C2)[NH+]3C)cc1OC. The average molecular weight is 345 g/mol. The minimum Gasteiger partial charge on any atom is -0.493 e. The number of carbonyl (C=O) groups excluding carboxylic acids is 1. The van der Waals surface area contributed by atoms with Gasteiger partial charge in [0.2, 0.25) is 0 Å². The van der Waals surface area contributed by atoms with Crippen molar-refractivity contribution >= 4 is 17.8 Å². The fraction of sp³-hybridized carbons (Fsp3) is 0.474. The summed E-state index contributed by atoms with van der Waals surface area (Å²) < 4.78 is 10.4. The van der Waals surface area contributed by atoms with Gasteiger partial charge in [0.15, 0.2) is 11.5 Å². The van der Waals surface area contributed by atoms with Crippen LogP contribution in [0, 0.1) is 0 Å². The number of fused-ring (bicyclic) bond motifs is 2. The van der Waals surface area contributed by atoms with Crippen molar-refractivity contribution in [2.24, 2.45) is 5.16 Å². The molecule has 0 aromatic heterocycles. The number of hydrogen-bond acceptors (Lipinski definition) is 5. The molecule has 1 aromatic rings. The van der Waals surface area contributed by atoms with Crippen molar-refractivity contribution in [1.82, 2.24) is 0 Å². The van der Waals surface area contributed by atoms with Crippen LogP contribution in [0.25, 0.3) is 6.08 Å². The van der Waals surface area contributed by atoms with E-state index < -0.39 is 5.97 Å². The molecule has 25 heavy (non-hydrogen) atoms. The van der Waals surface area contributed by atoms with Crippen molar-refractivity contribution in [2.75, 3.05) is 21.3 Å². The predicted octanol–water partition coefficient (Wildman–Crippen LogP) is 1.46. The van der Waals surface area contributed by atoms with E-state index in [2.05, 4.69) is 12.2 Å². The molecule has 134 valence electrons. The van der Waals surface area contributed by atoms with Crippen LogP contribution in [0.4, 0.5) is 0 Å². The zero-order valence-corrected chi connectivity index (χ0v) is 15.0. The molecule has 3 rings (SSSR count). The molecule has 6 nitrogen and oxygen atoms in total. The van der Waals surface area contributed by atoms with E-state index in [1.165, 1.54) is 18.9 Å². The van der Waals surface area contributed by atoms with E-state index in [1.54, 1.807) is 37.3 Å². The quantitative estimate of drug-likeness (QED) is 0.499. The Morgan fingerprint density at radius 3 is 2.48 bits per heavy atom. The van der Waals surface area contributed by atoms with Gasteiger partial charge in [-0.1, -0.05) is 11.2 Å². The molecule has 2 saturated heterocycles. The Morgan fingerprint density at radius 2 is 1.84 bits per heavy atom. The smallest absolute Gasteiger partial charge is 0.358 e. The molecule has 0 saturated carbocycles. The lowest BCUT2D eigenvalue weighted by Gasteiger charge is -2.28. The Hall–Kier alpha value is -2.34. The third kappa shape index (κ3) is 4.02. The highest BCUT2D eigenvalue weighted by atomic mass is 16.7. The van der Waals surface area contributed by atoms with Gasteiger partial charge < -0.3 is 19.2 Å². The van der Waals surface area contributed by atoms with E-state index in [1.807, 2.05) is 6.07 Å². The summed E-state index contributed by atoms with van der Waals surface area (Å²) in [6, 6.07) is 6.68. The number of ether oxygens (including phenoxy) is 2. The molecule has 2 aliphatic heterocycles. The molecule has 2 heterocycles. The van der Waals surface area contributed by atoms with Gasteiger partial charge >= 0.3 is 5.97 Å². The normalized spacial score (nSPS) is 26.8. The van der Waals surface area contributed by atoms with Gasteiger partial charge in [-0.15, -0.1) is 0 Å². The van der Waals surface area contributed by atoms with Gasteiger partial charge in [-0.05, 0) is 23.8 Å². The van der Waals surface area contributed by atoms with E-state index >= 15 is 0 Å². The molecule has 2 aliphatic rings. The van der Waals surface area contributed by atoms with Crippen LogP contribution in [0.2, 0.25) is 0 Å². The van der Waals surface area contributed by atoms with Gasteiger partial charge in [-0.3, -0.25) is 0 Å². The highest BCUT2D eigenvalue weighted by molar-refractivity contribution is 5.89. The minimum absolute atomic E-state index is 0.471. The van der Waals surface area contributed by atoms with E-state index in [0.717, 1.165) is 24.1 Å². The summed E-state index contributed by atoms with van der Waals surface area (Å²) >= 11 is 0. The maximum absolute atomic E-state index is 11.9. The number of oxime groups is 1. The van der Waals surface area contributed by atoms with Gasteiger partial charge in [0.05, 0.1) is 39.1 Å². The first-order valence-electron chi connectivity index (χ1n) is 8.61. The van der Waals surface area contributed by atoms with Crippen LogP contribution in [-0.2, 0) is 9.63 Å². The minimum atomic E-state index is -0.471. The number of piperidine rings is 1. The summed E-state index contributed by atoms with van der Waals surface area (Å²) in [5, 5.41) is 4.09. The fourth-order valence-electron chi connectivity index (χ4n) is 3.70. The van der Waals surface area contributed by atoms with Crippen molar-refractivity contribution in [3.8, 4) is 11.5 Å². The zero-order chi connectivity index (χ0) is 17.8. The summed E-state index contributed by atoms with van der Waals surface area (Å²) in [6.45, 7) is 0. The van der Waals surface area contributed by atoms with E-state index in [9.17, 15) is 4.79 Å². The average Bonchev–Trinajstić information content (AvgIpc) is 2.85. The molecule has 3 atom stereocenters. The van der Waals surface area contributed by atoms with Gasteiger partial charge in [-0.2, -0.15) is 0 Å². The van der Waals surface area contributed by atoms with Crippen molar-refractivity contribution in [3.63, 3.8) is 0 Å². The second-order valence-corrected chi connectivity index (χ2v) is 6.64. The van der Waals surface area contributed by atoms with Crippen molar-refractivity contribution in [2.45, 2.75) is 37.8 Å². The van der Waals surface area contributed by atoms with Crippen molar-refractivity contribution in [3.05, 3.63) is 29.8 Å². The van der Waals surface area contributed by atoms with Crippen LogP contribution in [0.1, 0.15) is 31.2 Å². The zero-order valence-electron chi connectivity index (χ0n) is 15.0. The molecule has 0 radical (unpaired) electrons. The lowest BCUT2D eigenvalue weighted by Crippen LogP contribution is -3.15. The second kappa shape index (κ2) is 7.70. The summed E-state index contributed by atoms with van der Waals surface area (Å²) in [5.74, 6) is 0.788. The molecular weight excluding hydrogens is 320 g/mol. The lowest BCUT2D eigenvalue weighted by atomic mass is 10.0. The largest absolute Gasteiger partial charge is 0.493 e. The molecule has 6 heteroatoms. The molecule has 2 bridgehead atoms. The van der Waals surface area contributed by atoms with Crippen LogP contribution in [0.3, 0.4) is 0 Å². The van der Waals surface area contributed by atoms with Crippen molar-refractivity contribution < 1.29 is 24.0 Å². The van der Waals surface area contributed by atoms with E-state index in [-0.39, 0.29) is 0 Å². The summed E-state index contributed by atoms with van der Waals surface area (Å²) in [5.41, 5.74) is 1.83. The Kier molecular flexibility index (Phi) is 5.38. The lowest BCUT2D eigenvalue weighted by molar-refractivity contribution is -0.917. The third-order valence-electron chi connectivity index (χ3n) is 5.20. The van der Waals surface area contributed by atoms with Gasteiger partial charge in [0.25, 0.3) is 0 Å². The highest BCUT2D eigenvalue weighted by Gasteiger charge is 2.40. The number of hydrogen-bond donors (Lipinski definition) is 1. The first kappa shape index (κ1) is 17.5. The molecular formula is C19H25N2O4+. The predicted molar refractivity (Wildman–Crippen MR) is 95.0 cm³/mol. The van der Waals surface area contributed by atoms with Crippen LogP contribution in [-0.4, -0.2) is 45.0 Å². The van der Waals surface area contributed by atoms with Crippen LogP contribution >= 0.6 is 0 Å². The number of methoxy groups -OCH3 is 2. The molecule has 1 N–H and O–H groups in total. The van der Waals surface area contributed by atoms with E-state index in [4.69, 9.17) is 14.3 Å². The fourth-order valence-corrected chi connectivity index (χ4v) is 3.70. The second-order valence-electron chi connectivity index (χ2n) is 6.64. The number of carbonyl (C=O) groups is 1. The molecule has 1 unspecified atom stereocenters. The number of quaternary nitrogens is 1.